The second-order valence-electron chi connectivity index (χ2n) is 5.49. The van der Waals surface area contributed by atoms with Crippen LogP contribution in [0, 0.1) is 6.92 Å². The van der Waals surface area contributed by atoms with Gasteiger partial charge in [0.2, 0.25) is 0 Å². The number of halogens is 2. The van der Waals surface area contributed by atoms with Gasteiger partial charge in [0.25, 0.3) is 0 Å². The van der Waals surface area contributed by atoms with E-state index in [1.54, 1.807) is 10.4 Å². The largest absolute Gasteiger partial charge is 0.352 e. The smallest absolute Gasteiger partial charge is 0.167 e. The quantitative estimate of drug-likeness (QED) is 0.280. The summed E-state index contributed by atoms with van der Waals surface area (Å²) in [6.07, 6.45) is 0.485. The molecule has 6 nitrogen and oxygen atoms in total. The first-order valence-corrected chi connectivity index (χ1v) is 13.6. The zero-order valence-electron chi connectivity index (χ0n) is 14.5. The number of nitrogens with one attached hydrogen (secondary N) is 1. The molecule has 0 saturated heterocycles. The molecule has 0 amide bonds. The van der Waals surface area contributed by atoms with Gasteiger partial charge in [-0.25, -0.2) is 14.2 Å². The average Bonchev–Trinajstić information content (AvgIpc) is 2.96. The van der Waals surface area contributed by atoms with Gasteiger partial charge in [-0.3, -0.25) is 8.64 Å². The van der Waals surface area contributed by atoms with Crippen LogP contribution >= 0.6 is 40.0 Å². The van der Waals surface area contributed by atoms with Gasteiger partial charge >= 0.3 is 0 Å². The first-order valence-electron chi connectivity index (χ1n) is 7.86. The number of anilines is 3. The Balaban J connectivity index is 2.09. The van der Waals surface area contributed by atoms with Crippen molar-refractivity contribution >= 4 is 79.2 Å². The van der Waals surface area contributed by atoms with Gasteiger partial charge in [-0.2, -0.15) is 0 Å². The van der Waals surface area contributed by atoms with Crippen LogP contribution < -0.4 is 9.62 Å². The molecule has 10 heteroatoms. The highest BCUT2D eigenvalue weighted by Gasteiger charge is 2.16. The van der Waals surface area contributed by atoms with E-state index >= 15 is 0 Å². The Morgan fingerprint density at radius 1 is 1.35 bits per heavy atom. The van der Waals surface area contributed by atoms with Crippen molar-refractivity contribution in [2.75, 3.05) is 22.4 Å². The lowest BCUT2D eigenvalue weighted by molar-refractivity contribution is 0.682. The minimum atomic E-state index is -1.09. The number of nitrogens with zero attached hydrogens (tertiary/aromatic N) is 4. The first kappa shape index (κ1) is 19.8. The van der Waals surface area contributed by atoms with Crippen molar-refractivity contribution in [1.29, 1.82) is 0 Å². The molecule has 1 N–H and O–H groups in total. The molecule has 2 aromatic heterocycles. The van der Waals surface area contributed by atoms with Crippen LogP contribution in [0.15, 0.2) is 30.3 Å². The van der Waals surface area contributed by atoms with Crippen molar-refractivity contribution in [2.45, 2.75) is 13.8 Å². The number of aromatic nitrogens is 3. The maximum Gasteiger partial charge on any atom is 0.167 e. The van der Waals surface area contributed by atoms with Gasteiger partial charge in [-0.15, -0.1) is 0 Å². The van der Waals surface area contributed by atoms with Gasteiger partial charge < -0.3 is 5.32 Å². The number of hydrogen-bond acceptors (Lipinski definition) is 4. The molecular weight excluding hydrogens is 504 g/mol. The average molecular weight is 522 g/mol. The molecule has 0 aliphatic carbocycles. The molecule has 0 radical (unpaired) electrons. The van der Waals surface area contributed by atoms with E-state index in [4.69, 9.17) is 11.6 Å². The molecule has 2 atom stereocenters. The number of fused-ring (bicyclic) bond motifs is 1. The van der Waals surface area contributed by atoms with Crippen molar-refractivity contribution in [1.82, 2.24) is 14.3 Å². The fraction of sp³-hybridized carbons (Fsp3) is 0.250. The van der Waals surface area contributed by atoms with Gasteiger partial charge in [0.1, 0.15) is 27.5 Å². The van der Waals surface area contributed by atoms with Crippen LogP contribution in [-0.4, -0.2) is 31.3 Å². The molecule has 3 aromatic rings. The Labute approximate surface area is 174 Å². The van der Waals surface area contributed by atoms with Crippen LogP contribution in [0.4, 0.5) is 17.1 Å². The van der Waals surface area contributed by atoms with Crippen molar-refractivity contribution in [3.8, 4) is 0 Å². The fourth-order valence-electron chi connectivity index (χ4n) is 2.62. The van der Waals surface area contributed by atoms with E-state index in [1.165, 1.54) is 0 Å². The second-order valence-corrected chi connectivity index (χ2v) is 9.71. The van der Waals surface area contributed by atoms with Gasteiger partial charge in [0.05, 0.1) is 23.4 Å². The summed E-state index contributed by atoms with van der Waals surface area (Å²) in [7, 11) is 0.737. The van der Waals surface area contributed by atoms with Crippen LogP contribution in [0.2, 0.25) is 5.15 Å². The number of imidazole rings is 1. The number of aryl methyl sites for hydroxylation is 1. The summed E-state index contributed by atoms with van der Waals surface area (Å²) < 4.78 is 16.0. The summed E-state index contributed by atoms with van der Waals surface area (Å²) in [5, 5.41) is 3.81. The summed E-state index contributed by atoms with van der Waals surface area (Å²) in [5.41, 5.74) is 3.99. The lowest BCUT2D eigenvalue weighted by Crippen LogP contribution is -2.22. The Morgan fingerprint density at radius 3 is 2.77 bits per heavy atom. The Bertz CT molecular complexity index is 983. The number of benzene rings is 1. The van der Waals surface area contributed by atoms with Crippen molar-refractivity contribution in [2.24, 2.45) is 0 Å². The Hall–Kier alpha value is -0.960. The zero-order chi connectivity index (χ0) is 18.8. The van der Waals surface area contributed by atoms with Gasteiger partial charge in [-0.05, 0) is 41.1 Å². The number of pyridine rings is 1. The van der Waals surface area contributed by atoms with E-state index in [1.807, 2.05) is 49.5 Å². The molecule has 0 aliphatic heterocycles. The summed E-state index contributed by atoms with van der Waals surface area (Å²) in [4.78, 5) is 9.09. The monoisotopic (exact) mass is 521 g/mol. The maximum atomic E-state index is 12.2. The summed E-state index contributed by atoms with van der Waals surface area (Å²) in [5.74, 6) is 1.44. The van der Waals surface area contributed by atoms with E-state index in [0.29, 0.717) is 17.3 Å². The van der Waals surface area contributed by atoms with E-state index in [9.17, 15) is 4.21 Å². The van der Waals surface area contributed by atoms with Crippen molar-refractivity contribution < 1.29 is 4.21 Å². The number of rotatable bonds is 6. The third kappa shape index (κ3) is 3.83. The second kappa shape index (κ2) is 8.37. The highest BCUT2D eigenvalue weighted by molar-refractivity contribution is 14.2. The highest BCUT2D eigenvalue weighted by atomic mass is 127. The van der Waals surface area contributed by atoms with Crippen LogP contribution in [0.3, 0.4) is 0 Å². The third-order valence-corrected chi connectivity index (χ3v) is 7.55. The molecule has 0 spiro atoms. The van der Waals surface area contributed by atoms with Crippen molar-refractivity contribution in [3.63, 3.8) is 0 Å². The van der Waals surface area contributed by atoms with Crippen LogP contribution in [0.25, 0.3) is 11.2 Å². The molecule has 2 unspecified atom stereocenters. The summed E-state index contributed by atoms with van der Waals surface area (Å²) >= 11 is 8.56. The van der Waals surface area contributed by atoms with Gasteiger partial charge in [0.15, 0.2) is 5.65 Å². The topological polar surface area (TPSA) is 63.1 Å². The summed E-state index contributed by atoms with van der Waals surface area (Å²) in [6.45, 7) is 3.85. The molecule has 0 aliphatic rings. The minimum absolute atomic E-state index is 0.402. The predicted molar refractivity (Wildman–Crippen MR) is 122 cm³/mol. The van der Waals surface area contributed by atoms with E-state index in [-0.39, 0.29) is 0 Å². The summed E-state index contributed by atoms with van der Waals surface area (Å²) in [6, 6.07) is 9.51. The molecule has 0 bridgehead atoms. The van der Waals surface area contributed by atoms with Crippen LogP contribution in [0.1, 0.15) is 12.7 Å². The molecule has 26 heavy (non-hydrogen) atoms. The van der Waals surface area contributed by atoms with Crippen molar-refractivity contribution in [3.05, 3.63) is 41.3 Å². The third-order valence-electron chi connectivity index (χ3n) is 3.90. The molecule has 2 heterocycles. The molecular formula is C16H18ClIN5OPS. The van der Waals surface area contributed by atoms with E-state index in [2.05, 4.69) is 37.3 Å². The Kier molecular flexibility index (Phi) is 6.37. The standard InChI is InChI=1S/C16H18ClIN5OPS/c1-4-26(24)22(3)13-8-6-5-7-11(13)20-12-9-14(17)21-16-15(12)19-10(2)23(16)25-18/h5-9,25H,4H2,1-3H3,(H,20,21). The van der Waals surface area contributed by atoms with Gasteiger partial charge in [0, 0.05) is 18.9 Å². The SMILES string of the molecule is CCS(=O)N(C)c1ccccc1Nc1cc(Cl)nc2c1nc(C)n2PI. The fourth-order valence-corrected chi connectivity index (χ4v) is 5.72. The zero-order valence-corrected chi connectivity index (χ0v) is 19.2. The first-order chi connectivity index (χ1) is 12.5. The minimum Gasteiger partial charge on any atom is -0.352 e. The number of para-hydroxylation sites is 2. The molecule has 0 fully saturated rings. The Morgan fingerprint density at radius 2 is 2.08 bits per heavy atom. The molecule has 1 aromatic carbocycles. The lowest BCUT2D eigenvalue weighted by atomic mass is 10.2. The lowest BCUT2D eigenvalue weighted by Gasteiger charge is -2.21. The molecule has 0 saturated carbocycles. The normalized spacial score (nSPS) is 12.8. The highest BCUT2D eigenvalue weighted by Crippen LogP contribution is 2.36. The maximum absolute atomic E-state index is 12.2. The molecule has 138 valence electrons. The predicted octanol–water partition coefficient (Wildman–Crippen LogP) is 5.05. The van der Waals surface area contributed by atoms with E-state index < -0.39 is 11.0 Å². The van der Waals surface area contributed by atoms with Crippen LogP contribution in [-0.2, 0) is 11.0 Å². The number of hydrogen-bond donors (Lipinski definition) is 1. The molecule has 3 rings (SSSR count). The van der Waals surface area contributed by atoms with E-state index in [0.717, 1.165) is 34.1 Å². The van der Waals surface area contributed by atoms with Gasteiger partial charge in [-0.1, -0.05) is 30.7 Å². The van der Waals surface area contributed by atoms with Crippen LogP contribution in [0.5, 0.6) is 0 Å².